The van der Waals surface area contributed by atoms with Gasteiger partial charge in [-0.25, -0.2) is 4.79 Å². The Labute approximate surface area is 143 Å². The van der Waals surface area contributed by atoms with Crippen molar-refractivity contribution in [1.29, 1.82) is 0 Å². The van der Waals surface area contributed by atoms with Crippen molar-refractivity contribution in [2.45, 2.75) is 12.5 Å². The first-order chi connectivity index (χ1) is 11.6. The van der Waals surface area contributed by atoms with Crippen LogP contribution in [0.3, 0.4) is 0 Å². The van der Waals surface area contributed by atoms with Crippen molar-refractivity contribution in [3.8, 4) is 5.75 Å². The second-order valence-corrected chi connectivity index (χ2v) is 6.43. The van der Waals surface area contributed by atoms with E-state index in [1.807, 2.05) is 67.6 Å². The molecule has 1 unspecified atom stereocenters. The summed E-state index contributed by atoms with van der Waals surface area (Å²) >= 11 is 0. The van der Waals surface area contributed by atoms with Crippen LogP contribution in [0.15, 0.2) is 60.7 Å². The molecule has 0 radical (unpaired) electrons. The fraction of sp³-hybridized carbons (Fsp3) is 0.350. The zero-order valence-corrected chi connectivity index (χ0v) is 14.3. The van der Waals surface area contributed by atoms with Crippen molar-refractivity contribution in [3.63, 3.8) is 0 Å². The second kappa shape index (κ2) is 7.16. The predicted octanol–water partition coefficient (Wildman–Crippen LogP) is 2.75. The first kappa shape index (κ1) is 16.7. The van der Waals surface area contributed by atoms with Crippen LogP contribution in [0, 0.1) is 0 Å². The number of hydrogen-bond acceptors (Lipinski definition) is 4. The van der Waals surface area contributed by atoms with Crippen LogP contribution in [0.25, 0.3) is 0 Å². The third-order valence-electron chi connectivity index (χ3n) is 4.82. The molecule has 0 aromatic heterocycles. The lowest BCUT2D eigenvalue weighted by Gasteiger charge is -2.43. The highest BCUT2D eigenvalue weighted by molar-refractivity contribution is 5.84. The van der Waals surface area contributed by atoms with Gasteiger partial charge in [0.25, 0.3) is 0 Å². The average molecular weight is 324 g/mol. The van der Waals surface area contributed by atoms with E-state index in [1.54, 1.807) is 0 Å². The molecule has 0 aliphatic carbocycles. The van der Waals surface area contributed by atoms with E-state index in [-0.39, 0.29) is 5.97 Å². The fourth-order valence-electron chi connectivity index (χ4n) is 3.14. The molecule has 0 saturated carbocycles. The number of para-hydroxylation sites is 1. The molecule has 1 fully saturated rings. The molecule has 1 atom stereocenters. The van der Waals surface area contributed by atoms with Crippen LogP contribution < -0.4 is 4.74 Å². The molecule has 0 spiro atoms. The summed E-state index contributed by atoms with van der Waals surface area (Å²) in [6.45, 7) is 5.54. The Morgan fingerprint density at radius 3 is 2.04 bits per heavy atom. The normalized spacial score (nSPS) is 18.8. The minimum absolute atomic E-state index is 0.232. The van der Waals surface area contributed by atoms with Crippen molar-refractivity contribution in [2.75, 3.05) is 33.2 Å². The molecule has 1 aliphatic heterocycles. The smallest absolute Gasteiger partial charge is 0.336 e. The zero-order valence-electron chi connectivity index (χ0n) is 14.3. The van der Waals surface area contributed by atoms with Gasteiger partial charge in [0.05, 0.1) is 0 Å². The van der Waals surface area contributed by atoms with E-state index in [0.717, 1.165) is 31.7 Å². The summed E-state index contributed by atoms with van der Waals surface area (Å²) in [7, 11) is 2.11. The fourth-order valence-corrected chi connectivity index (χ4v) is 3.14. The summed E-state index contributed by atoms with van der Waals surface area (Å²) < 4.78 is 5.72. The highest BCUT2D eigenvalue weighted by atomic mass is 16.5. The van der Waals surface area contributed by atoms with Crippen LogP contribution in [0.4, 0.5) is 0 Å². The van der Waals surface area contributed by atoms with Crippen LogP contribution in [0.2, 0.25) is 0 Å². The third kappa shape index (κ3) is 3.35. The quantitative estimate of drug-likeness (QED) is 0.639. The molecule has 126 valence electrons. The SMILES string of the molecule is CN1CCN(C(C)(C(=O)Oc2ccccc2)c2ccccc2)CC1. The van der Waals surface area contributed by atoms with Crippen LogP contribution in [0.5, 0.6) is 5.75 Å². The summed E-state index contributed by atoms with van der Waals surface area (Å²) in [6.07, 6.45) is 0. The number of benzene rings is 2. The summed E-state index contributed by atoms with van der Waals surface area (Å²) in [4.78, 5) is 17.7. The number of piperazine rings is 1. The molecule has 4 heteroatoms. The maximum atomic E-state index is 13.1. The van der Waals surface area contributed by atoms with E-state index in [4.69, 9.17) is 4.74 Å². The van der Waals surface area contributed by atoms with Crippen LogP contribution in [-0.4, -0.2) is 49.0 Å². The molecule has 0 N–H and O–H groups in total. The Morgan fingerprint density at radius 2 is 1.46 bits per heavy atom. The summed E-state index contributed by atoms with van der Waals surface area (Å²) in [6, 6.07) is 19.2. The number of nitrogens with zero attached hydrogens (tertiary/aromatic N) is 2. The number of rotatable bonds is 4. The van der Waals surface area contributed by atoms with Crippen molar-refractivity contribution >= 4 is 5.97 Å². The van der Waals surface area contributed by atoms with Crippen molar-refractivity contribution in [2.24, 2.45) is 0 Å². The van der Waals surface area contributed by atoms with E-state index in [2.05, 4.69) is 16.8 Å². The van der Waals surface area contributed by atoms with Crippen molar-refractivity contribution in [3.05, 3.63) is 66.2 Å². The van der Waals surface area contributed by atoms with Gasteiger partial charge in [0.1, 0.15) is 11.3 Å². The summed E-state index contributed by atoms with van der Waals surface area (Å²) in [5.74, 6) is 0.350. The van der Waals surface area contributed by atoms with Gasteiger partial charge < -0.3 is 9.64 Å². The molecule has 1 saturated heterocycles. The lowest BCUT2D eigenvalue weighted by atomic mass is 9.89. The van der Waals surface area contributed by atoms with E-state index >= 15 is 0 Å². The summed E-state index contributed by atoms with van der Waals surface area (Å²) in [5.41, 5.74) is 0.175. The number of likely N-dealkylation sites (N-methyl/N-ethyl adjacent to an activating group) is 1. The molecular formula is C20H24N2O2. The molecule has 1 aliphatic rings. The van der Waals surface area contributed by atoms with Gasteiger partial charge in [-0.05, 0) is 31.7 Å². The maximum Gasteiger partial charge on any atom is 0.336 e. The number of carbonyl (C=O) groups is 1. The topological polar surface area (TPSA) is 32.8 Å². The maximum absolute atomic E-state index is 13.1. The molecule has 1 heterocycles. The number of carbonyl (C=O) groups excluding carboxylic acids is 1. The standard InChI is InChI=1S/C20H24N2O2/c1-20(17-9-5-3-6-10-17,22-15-13-21(2)14-16-22)19(23)24-18-11-7-4-8-12-18/h3-12H,13-16H2,1-2H3. The third-order valence-corrected chi connectivity index (χ3v) is 4.82. The minimum Gasteiger partial charge on any atom is -0.425 e. The predicted molar refractivity (Wildman–Crippen MR) is 94.9 cm³/mol. The Hall–Kier alpha value is -2.17. The molecule has 2 aromatic carbocycles. The Bertz CT molecular complexity index is 667. The van der Waals surface area contributed by atoms with Gasteiger partial charge in [-0.3, -0.25) is 4.90 Å². The van der Waals surface area contributed by atoms with Gasteiger partial charge in [0.15, 0.2) is 0 Å². The second-order valence-electron chi connectivity index (χ2n) is 6.43. The molecule has 3 rings (SSSR count). The van der Waals surface area contributed by atoms with Gasteiger partial charge >= 0.3 is 5.97 Å². The lowest BCUT2D eigenvalue weighted by molar-refractivity contribution is -0.149. The van der Waals surface area contributed by atoms with Crippen molar-refractivity contribution in [1.82, 2.24) is 9.80 Å². The van der Waals surface area contributed by atoms with Gasteiger partial charge in [-0.15, -0.1) is 0 Å². The van der Waals surface area contributed by atoms with Gasteiger partial charge in [0.2, 0.25) is 0 Å². The Morgan fingerprint density at radius 1 is 0.917 bits per heavy atom. The number of ether oxygens (including phenoxy) is 1. The minimum atomic E-state index is -0.793. The van der Waals surface area contributed by atoms with Gasteiger partial charge in [-0.2, -0.15) is 0 Å². The molecule has 24 heavy (non-hydrogen) atoms. The van der Waals surface area contributed by atoms with Crippen LogP contribution >= 0.6 is 0 Å². The molecule has 2 aromatic rings. The first-order valence-corrected chi connectivity index (χ1v) is 8.37. The highest BCUT2D eigenvalue weighted by Gasteiger charge is 2.43. The molecule has 0 amide bonds. The van der Waals surface area contributed by atoms with E-state index in [1.165, 1.54) is 0 Å². The number of hydrogen-bond donors (Lipinski definition) is 0. The largest absolute Gasteiger partial charge is 0.425 e. The summed E-state index contributed by atoms with van der Waals surface area (Å²) in [5, 5.41) is 0. The van der Waals surface area contributed by atoms with Crippen LogP contribution in [-0.2, 0) is 10.3 Å². The molecule has 0 bridgehead atoms. The van der Waals surface area contributed by atoms with E-state index in [0.29, 0.717) is 5.75 Å². The molecule has 4 nitrogen and oxygen atoms in total. The average Bonchev–Trinajstić information content (AvgIpc) is 2.63. The van der Waals surface area contributed by atoms with E-state index < -0.39 is 5.54 Å². The van der Waals surface area contributed by atoms with Crippen LogP contribution in [0.1, 0.15) is 12.5 Å². The Balaban J connectivity index is 1.91. The number of esters is 1. The van der Waals surface area contributed by atoms with Gasteiger partial charge in [-0.1, -0.05) is 48.5 Å². The highest BCUT2D eigenvalue weighted by Crippen LogP contribution is 2.31. The lowest BCUT2D eigenvalue weighted by Crippen LogP contribution is -2.58. The monoisotopic (exact) mass is 324 g/mol. The van der Waals surface area contributed by atoms with Crippen molar-refractivity contribution < 1.29 is 9.53 Å². The van der Waals surface area contributed by atoms with Gasteiger partial charge in [0, 0.05) is 26.2 Å². The zero-order chi connectivity index (χ0) is 17.0. The Kier molecular flexibility index (Phi) is 4.97. The molecular weight excluding hydrogens is 300 g/mol. The van der Waals surface area contributed by atoms with E-state index in [9.17, 15) is 4.79 Å². The first-order valence-electron chi connectivity index (χ1n) is 8.37.